The zero-order valence-corrected chi connectivity index (χ0v) is 10.1. The summed E-state index contributed by atoms with van der Waals surface area (Å²) in [5, 5.41) is 8.15. The number of thioether (sulfide) groups is 1. The normalized spacial score (nSPS) is 13.5. The summed E-state index contributed by atoms with van der Waals surface area (Å²) in [5.74, 6) is 0. The topological polar surface area (TPSA) is 29.9 Å². The Labute approximate surface area is 90.3 Å². The maximum atomic E-state index is 4.14. The monoisotopic (exact) mass is 213 g/mol. The molecular formula is C10H19N3S. The average Bonchev–Trinajstić information content (AvgIpc) is 2.48. The summed E-state index contributed by atoms with van der Waals surface area (Å²) in [6, 6.07) is 0.562. The van der Waals surface area contributed by atoms with Crippen molar-refractivity contribution in [1.82, 2.24) is 15.1 Å². The lowest BCUT2D eigenvalue weighted by atomic mass is 10.3. The molecule has 14 heavy (non-hydrogen) atoms. The fourth-order valence-electron chi connectivity index (χ4n) is 1.14. The number of hydrogen-bond donors (Lipinski definition) is 1. The highest BCUT2D eigenvalue weighted by Crippen LogP contribution is 2.21. The summed E-state index contributed by atoms with van der Waals surface area (Å²) < 4.78 is 1.84. The Hall–Kier alpha value is -0.480. The van der Waals surface area contributed by atoms with Gasteiger partial charge >= 0.3 is 0 Å². The molecule has 3 nitrogen and oxygen atoms in total. The van der Waals surface area contributed by atoms with Gasteiger partial charge in [0.2, 0.25) is 0 Å². The molecule has 1 heterocycles. The zero-order chi connectivity index (χ0) is 10.6. The molecule has 0 aromatic carbocycles. The number of aryl methyl sites for hydroxylation is 1. The Bertz CT molecular complexity index is 270. The Morgan fingerprint density at radius 2 is 2.21 bits per heavy atom. The van der Waals surface area contributed by atoms with E-state index in [2.05, 4.69) is 37.4 Å². The first-order chi connectivity index (χ1) is 6.58. The second-order valence-corrected chi connectivity index (χ2v) is 5.35. The quantitative estimate of drug-likeness (QED) is 0.758. The van der Waals surface area contributed by atoms with Crippen LogP contribution in [0.15, 0.2) is 17.3 Å². The third-order valence-electron chi connectivity index (χ3n) is 1.83. The van der Waals surface area contributed by atoms with E-state index in [1.165, 1.54) is 4.90 Å². The first-order valence-corrected chi connectivity index (χ1v) is 5.84. The van der Waals surface area contributed by atoms with Gasteiger partial charge in [-0.15, -0.1) is 11.8 Å². The number of nitrogens with zero attached hydrogens (tertiary/aromatic N) is 2. The summed E-state index contributed by atoms with van der Waals surface area (Å²) in [4.78, 5) is 1.24. The van der Waals surface area contributed by atoms with E-state index in [1.54, 1.807) is 0 Å². The van der Waals surface area contributed by atoms with Gasteiger partial charge < -0.3 is 5.32 Å². The molecule has 1 aromatic rings. The molecule has 1 aromatic heterocycles. The zero-order valence-electron chi connectivity index (χ0n) is 9.32. The third-order valence-corrected chi connectivity index (χ3v) is 2.88. The van der Waals surface area contributed by atoms with Gasteiger partial charge in [-0.3, -0.25) is 4.68 Å². The van der Waals surface area contributed by atoms with E-state index in [1.807, 2.05) is 29.7 Å². The van der Waals surface area contributed by atoms with Gasteiger partial charge in [-0.1, -0.05) is 20.8 Å². The minimum absolute atomic E-state index is 0.562. The van der Waals surface area contributed by atoms with Crippen LogP contribution in [0.25, 0.3) is 0 Å². The summed E-state index contributed by atoms with van der Waals surface area (Å²) >= 11 is 1.86. The van der Waals surface area contributed by atoms with Crippen LogP contribution in [0.5, 0.6) is 0 Å². The van der Waals surface area contributed by atoms with Crippen LogP contribution >= 0.6 is 11.8 Å². The van der Waals surface area contributed by atoms with Gasteiger partial charge in [0.25, 0.3) is 0 Å². The summed E-state index contributed by atoms with van der Waals surface area (Å²) in [5.41, 5.74) is 0. The van der Waals surface area contributed by atoms with Gasteiger partial charge in [-0.05, 0) is 0 Å². The molecule has 0 saturated carbocycles. The highest BCUT2D eigenvalue weighted by atomic mass is 32.2. The van der Waals surface area contributed by atoms with E-state index in [0.29, 0.717) is 11.3 Å². The number of nitrogens with one attached hydrogen (secondary N) is 1. The SMILES string of the molecule is CC(C)NCC(C)Sc1cnn(C)c1. The molecule has 4 heteroatoms. The van der Waals surface area contributed by atoms with Crippen LogP contribution in [0.4, 0.5) is 0 Å². The lowest BCUT2D eigenvalue weighted by molar-refractivity contribution is 0.589. The maximum Gasteiger partial charge on any atom is 0.0625 e. The second kappa shape index (κ2) is 5.41. The van der Waals surface area contributed by atoms with Crippen molar-refractivity contribution in [2.75, 3.05) is 6.54 Å². The van der Waals surface area contributed by atoms with E-state index < -0.39 is 0 Å². The van der Waals surface area contributed by atoms with E-state index in [0.717, 1.165) is 6.54 Å². The molecule has 0 aliphatic carbocycles. The van der Waals surface area contributed by atoms with Crippen LogP contribution in [0, 0.1) is 0 Å². The molecule has 0 bridgehead atoms. The van der Waals surface area contributed by atoms with E-state index in [-0.39, 0.29) is 0 Å². The fraction of sp³-hybridized carbons (Fsp3) is 0.700. The van der Waals surface area contributed by atoms with Crippen LogP contribution < -0.4 is 5.32 Å². The van der Waals surface area contributed by atoms with Gasteiger partial charge in [0.05, 0.1) is 6.20 Å². The summed E-state index contributed by atoms with van der Waals surface area (Å²) in [6.45, 7) is 7.60. The highest BCUT2D eigenvalue weighted by Gasteiger charge is 2.06. The highest BCUT2D eigenvalue weighted by molar-refractivity contribution is 8.00. The molecule has 0 spiro atoms. The molecule has 0 fully saturated rings. The minimum Gasteiger partial charge on any atom is -0.313 e. The predicted molar refractivity (Wildman–Crippen MR) is 61.7 cm³/mol. The molecule has 1 rings (SSSR count). The van der Waals surface area contributed by atoms with Crippen LogP contribution in [-0.2, 0) is 7.05 Å². The average molecular weight is 213 g/mol. The van der Waals surface area contributed by atoms with Crippen LogP contribution in [0.2, 0.25) is 0 Å². The number of hydrogen-bond acceptors (Lipinski definition) is 3. The predicted octanol–water partition coefficient (Wildman–Crippen LogP) is 1.90. The van der Waals surface area contributed by atoms with E-state index >= 15 is 0 Å². The Kier molecular flexibility index (Phi) is 4.48. The largest absolute Gasteiger partial charge is 0.313 e. The molecule has 0 aliphatic heterocycles. The lowest BCUT2D eigenvalue weighted by Crippen LogP contribution is -2.28. The first-order valence-electron chi connectivity index (χ1n) is 4.96. The number of aromatic nitrogens is 2. The van der Waals surface area contributed by atoms with E-state index in [4.69, 9.17) is 0 Å². The molecule has 0 amide bonds. The molecule has 1 unspecified atom stereocenters. The first kappa shape index (κ1) is 11.6. The third kappa shape index (κ3) is 4.15. The minimum atomic E-state index is 0.562. The van der Waals surface area contributed by atoms with Crippen molar-refractivity contribution in [2.24, 2.45) is 7.05 Å². The van der Waals surface area contributed by atoms with Crippen LogP contribution in [0.3, 0.4) is 0 Å². The van der Waals surface area contributed by atoms with Gasteiger partial charge in [-0.25, -0.2) is 0 Å². The molecule has 1 N–H and O–H groups in total. The van der Waals surface area contributed by atoms with Crippen molar-refractivity contribution in [3.63, 3.8) is 0 Å². The molecule has 0 aliphatic rings. The number of rotatable bonds is 5. The Balaban J connectivity index is 2.30. The summed E-state index contributed by atoms with van der Waals surface area (Å²) in [6.07, 6.45) is 3.97. The Morgan fingerprint density at radius 1 is 1.50 bits per heavy atom. The summed E-state index contributed by atoms with van der Waals surface area (Å²) in [7, 11) is 1.95. The van der Waals surface area contributed by atoms with E-state index in [9.17, 15) is 0 Å². The van der Waals surface area contributed by atoms with Gasteiger partial charge in [-0.2, -0.15) is 5.10 Å². The van der Waals surface area contributed by atoms with Crippen molar-refractivity contribution >= 4 is 11.8 Å². The smallest absolute Gasteiger partial charge is 0.0625 e. The van der Waals surface area contributed by atoms with Gasteiger partial charge in [0.15, 0.2) is 0 Å². The van der Waals surface area contributed by atoms with Gasteiger partial charge in [0, 0.05) is 36.0 Å². The van der Waals surface area contributed by atoms with Crippen molar-refractivity contribution in [1.29, 1.82) is 0 Å². The van der Waals surface area contributed by atoms with Crippen molar-refractivity contribution in [2.45, 2.75) is 37.0 Å². The van der Waals surface area contributed by atoms with Crippen molar-refractivity contribution in [3.05, 3.63) is 12.4 Å². The van der Waals surface area contributed by atoms with Crippen molar-refractivity contribution < 1.29 is 0 Å². The second-order valence-electron chi connectivity index (χ2n) is 3.84. The lowest BCUT2D eigenvalue weighted by Gasteiger charge is -2.13. The van der Waals surface area contributed by atoms with Crippen molar-refractivity contribution in [3.8, 4) is 0 Å². The molecular weight excluding hydrogens is 194 g/mol. The molecule has 80 valence electrons. The molecule has 0 radical (unpaired) electrons. The van der Waals surface area contributed by atoms with Crippen LogP contribution in [0.1, 0.15) is 20.8 Å². The molecule has 0 saturated heterocycles. The maximum absolute atomic E-state index is 4.14. The molecule has 1 atom stereocenters. The fourth-order valence-corrected chi connectivity index (χ4v) is 2.10. The Morgan fingerprint density at radius 3 is 2.71 bits per heavy atom. The van der Waals surface area contributed by atoms with Crippen LogP contribution in [-0.4, -0.2) is 27.6 Å². The van der Waals surface area contributed by atoms with Gasteiger partial charge in [0.1, 0.15) is 0 Å². The standard InChI is InChI=1S/C10H19N3S/c1-8(2)11-5-9(3)14-10-6-12-13(4)7-10/h6-9,11H,5H2,1-4H3.